The van der Waals surface area contributed by atoms with Gasteiger partial charge in [0.15, 0.2) is 0 Å². The molecule has 0 aliphatic heterocycles. The number of primary amides is 1. The summed E-state index contributed by atoms with van der Waals surface area (Å²) < 4.78 is 0. The standard InChI is InChI=1S/C25H25N3O4/c1-15(24(26)31)12-28(3)13-22-19(14-29)7-5-16-4-6-17(10-20(16)22)18-8-9-23(30)21(11-18)25(32)27-2/h4-11,14,30H,1,12-13H2,2-3H3,(H2,26,31)(H,27,32). The molecule has 4 N–H and O–H groups in total. The van der Waals surface area contributed by atoms with Gasteiger partial charge in [-0.2, -0.15) is 0 Å². The van der Waals surface area contributed by atoms with Gasteiger partial charge in [-0.3, -0.25) is 19.3 Å². The molecule has 3 rings (SSSR count). The fourth-order valence-electron chi connectivity index (χ4n) is 3.63. The lowest BCUT2D eigenvalue weighted by Crippen LogP contribution is -2.27. The predicted molar refractivity (Wildman–Crippen MR) is 124 cm³/mol. The van der Waals surface area contributed by atoms with E-state index in [-0.39, 0.29) is 29.3 Å². The molecule has 0 aliphatic carbocycles. The molecular weight excluding hydrogens is 406 g/mol. The van der Waals surface area contributed by atoms with Crippen LogP contribution < -0.4 is 11.1 Å². The minimum Gasteiger partial charge on any atom is -0.507 e. The van der Waals surface area contributed by atoms with Crippen molar-refractivity contribution in [3.8, 4) is 16.9 Å². The molecule has 0 bridgehead atoms. The van der Waals surface area contributed by atoms with Crippen molar-refractivity contribution in [1.82, 2.24) is 10.2 Å². The van der Waals surface area contributed by atoms with Gasteiger partial charge in [-0.15, -0.1) is 0 Å². The fraction of sp³-hybridized carbons (Fsp3) is 0.160. The Morgan fingerprint density at radius 3 is 2.44 bits per heavy atom. The molecule has 32 heavy (non-hydrogen) atoms. The summed E-state index contributed by atoms with van der Waals surface area (Å²) in [5.74, 6) is -1.05. The fourth-order valence-corrected chi connectivity index (χ4v) is 3.63. The third kappa shape index (κ3) is 4.68. The van der Waals surface area contributed by atoms with Crippen LogP contribution in [0.3, 0.4) is 0 Å². The van der Waals surface area contributed by atoms with Gasteiger partial charge in [-0.1, -0.05) is 36.9 Å². The number of aromatic hydroxyl groups is 1. The number of nitrogens with one attached hydrogen (secondary N) is 1. The number of amides is 2. The lowest BCUT2D eigenvalue weighted by Gasteiger charge is -2.20. The molecule has 0 aromatic heterocycles. The lowest BCUT2D eigenvalue weighted by molar-refractivity contribution is -0.114. The molecule has 0 aliphatic rings. The maximum atomic E-state index is 12.1. The zero-order valence-corrected chi connectivity index (χ0v) is 18.0. The monoisotopic (exact) mass is 431 g/mol. The topological polar surface area (TPSA) is 113 Å². The molecule has 7 heteroatoms. The molecule has 0 fully saturated rings. The first kappa shape index (κ1) is 22.7. The number of nitrogens with zero attached hydrogens (tertiary/aromatic N) is 1. The van der Waals surface area contributed by atoms with Crippen molar-refractivity contribution in [2.45, 2.75) is 6.54 Å². The van der Waals surface area contributed by atoms with E-state index in [0.29, 0.717) is 12.1 Å². The van der Waals surface area contributed by atoms with Gasteiger partial charge in [0.2, 0.25) is 5.91 Å². The van der Waals surface area contributed by atoms with Crippen LogP contribution >= 0.6 is 0 Å². The number of rotatable bonds is 8. The summed E-state index contributed by atoms with van der Waals surface area (Å²) in [5.41, 5.74) is 8.69. The molecule has 3 aromatic carbocycles. The number of hydrogen-bond acceptors (Lipinski definition) is 5. The second-order valence-electron chi connectivity index (χ2n) is 7.64. The van der Waals surface area contributed by atoms with Crippen LogP contribution in [0.25, 0.3) is 21.9 Å². The maximum absolute atomic E-state index is 12.1. The van der Waals surface area contributed by atoms with E-state index in [1.54, 1.807) is 18.2 Å². The van der Waals surface area contributed by atoms with Gasteiger partial charge in [-0.05, 0) is 52.7 Å². The number of phenols is 1. The van der Waals surface area contributed by atoms with Crippen LogP contribution in [0.2, 0.25) is 0 Å². The SMILES string of the molecule is C=C(CN(C)Cc1c(C=O)ccc2ccc(-c3ccc(O)c(C(=O)NC)c3)cc12)C(N)=O. The predicted octanol–water partition coefficient (Wildman–Crippen LogP) is 2.86. The Kier molecular flexibility index (Phi) is 6.70. The normalized spacial score (nSPS) is 10.8. The first-order valence-electron chi connectivity index (χ1n) is 9.97. The zero-order chi connectivity index (χ0) is 23.4. The molecule has 0 radical (unpaired) electrons. The summed E-state index contributed by atoms with van der Waals surface area (Å²) in [5, 5.41) is 14.4. The van der Waals surface area contributed by atoms with E-state index in [9.17, 15) is 19.5 Å². The van der Waals surface area contributed by atoms with Crippen LogP contribution in [0.1, 0.15) is 26.3 Å². The highest BCUT2D eigenvalue weighted by Gasteiger charge is 2.15. The minimum atomic E-state index is -0.563. The number of aldehydes is 1. The first-order valence-corrected chi connectivity index (χ1v) is 9.97. The lowest BCUT2D eigenvalue weighted by atomic mass is 9.94. The molecule has 7 nitrogen and oxygen atoms in total. The van der Waals surface area contributed by atoms with Gasteiger partial charge < -0.3 is 16.2 Å². The average molecular weight is 431 g/mol. The van der Waals surface area contributed by atoms with Gasteiger partial charge in [0.05, 0.1) is 5.56 Å². The van der Waals surface area contributed by atoms with E-state index in [1.807, 2.05) is 36.2 Å². The Morgan fingerprint density at radius 1 is 1.12 bits per heavy atom. The highest BCUT2D eigenvalue weighted by Crippen LogP contribution is 2.31. The third-order valence-electron chi connectivity index (χ3n) is 5.34. The summed E-state index contributed by atoms with van der Waals surface area (Å²) in [6.07, 6.45) is 0.808. The van der Waals surface area contributed by atoms with E-state index < -0.39 is 5.91 Å². The number of phenolic OH excluding ortho intramolecular Hbond substituents is 1. The number of fused-ring (bicyclic) bond motifs is 1. The van der Waals surface area contributed by atoms with Crippen LogP contribution in [0.4, 0.5) is 0 Å². The Morgan fingerprint density at radius 2 is 1.78 bits per heavy atom. The van der Waals surface area contributed by atoms with Crippen LogP contribution in [-0.2, 0) is 11.3 Å². The van der Waals surface area contributed by atoms with Gasteiger partial charge >= 0.3 is 0 Å². The number of nitrogens with two attached hydrogens (primary N) is 1. The van der Waals surface area contributed by atoms with Crippen LogP contribution in [0.5, 0.6) is 5.75 Å². The largest absolute Gasteiger partial charge is 0.507 e. The number of likely N-dealkylation sites (N-methyl/N-ethyl adjacent to an activating group) is 1. The number of benzene rings is 3. The van der Waals surface area contributed by atoms with Crippen molar-refractivity contribution in [3.05, 3.63) is 77.4 Å². The Bertz CT molecular complexity index is 1230. The number of carbonyl (C=O) groups is 3. The van der Waals surface area contributed by atoms with Gasteiger partial charge in [0.25, 0.3) is 5.91 Å². The molecule has 0 saturated heterocycles. The zero-order valence-electron chi connectivity index (χ0n) is 18.0. The van der Waals surface area contributed by atoms with Crippen LogP contribution in [0.15, 0.2) is 60.7 Å². The molecule has 3 aromatic rings. The van der Waals surface area contributed by atoms with Gasteiger partial charge in [-0.25, -0.2) is 0 Å². The third-order valence-corrected chi connectivity index (χ3v) is 5.34. The van der Waals surface area contributed by atoms with E-state index in [0.717, 1.165) is 33.7 Å². The van der Waals surface area contributed by atoms with Crippen molar-refractivity contribution in [1.29, 1.82) is 0 Å². The highest BCUT2D eigenvalue weighted by atomic mass is 16.3. The summed E-state index contributed by atoms with van der Waals surface area (Å²) in [7, 11) is 3.32. The van der Waals surface area contributed by atoms with E-state index in [4.69, 9.17) is 5.73 Å². The first-order chi connectivity index (χ1) is 15.2. The second-order valence-corrected chi connectivity index (χ2v) is 7.64. The van der Waals surface area contributed by atoms with Crippen LogP contribution in [-0.4, -0.2) is 48.7 Å². The Hall–Kier alpha value is -3.97. The van der Waals surface area contributed by atoms with Crippen molar-refractivity contribution < 1.29 is 19.5 Å². The van der Waals surface area contributed by atoms with Gasteiger partial charge in [0, 0.05) is 31.3 Å². The van der Waals surface area contributed by atoms with Crippen molar-refractivity contribution in [2.24, 2.45) is 5.73 Å². The molecule has 164 valence electrons. The summed E-state index contributed by atoms with van der Waals surface area (Å²) >= 11 is 0. The molecule has 0 unspecified atom stereocenters. The highest BCUT2D eigenvalue weighted by molar-refractivity contribution is 5.99. The quantitative estimate of drug-likeness (QED) is 0.375. The molecule has 2 amide bonds. The Labute approximate surface area is 186 Å². The second kappa shape index (κ2) is 9.45. The molecule has 0 spiro atoms. The Balaban J connectivity index is 2.08. The van der Waals surface area contributed by atoms with E-state index in [2.05, 4.69) is 11.9 Å². The number of carbonyl (C=O) groups excluding carboxylic acids is 3. The summed E-state index contributed by atoms with van der Waals surface area (Å²) in [6, 6.07) is 14.3. The van der Waals surface area contributed by atoms with Crippen LogP contribution in [0, 0.1) is 0 Å². The van der Waals surface area contributed by atoms with Crippen molar-refractivity contribution in [3.63, 3.8) is 0 Å². The number of hydrogen-bond donors (Lipinski definition) is 3. The van der Waals surface area contributed by atoms with E-state index >= 15 is 0 Å². The van der Waals surface area contributed by atoms with Crippen molar-refractivity contribution in [2.75, 3.05) is 20.6 Å². The molecule has 0 atom stereocenters. The maximum Gasteiger partial charge on any atom is 0.254 e. The molecule has 0 saturated carbocycles. The summed E-state index contributed by atoms with van der Waals surface area (Å²) in [4.78, 5) is 37.0. The van der Waals surface area contributed by atoms with Crippen molar-refractivity contribution >= 4 is 28.9 Å². The van der Waals surface area contributed by atoms with Gasteiger partial charge in [0.1, 0.15) is 12.0 Å². The molecular formula is C25H25N3O4. The minimum absolute atomic E-state index is 0.103. The summed E-state index contributed by atoms with van der Waals surface area (Å²) in [6.45, 7) is 4.37. The smallest absolute Gasteiger partial charge is 0.254 e. The van der Waals surface area contributed by atoms with E-state index in [1.165, 1.54) is 13.1 Å². The molecule has 0 heterocycles. The average Bonchev–Trinajstić information content (AvgIpc) is 2.78.